The van der Waals surface area contributed by atoms with Crippen LogP contribution >= 0.6 is 0 Å². The molecule has 0 aliphatic carbocycles. The number of hydrogen-bond donors (Lipinski definition) is 0. The molecule has 0 unspecified atom stereocenters. The van der Waals surface area contributed by atoms with Crippen molar-refractivity contribution < 1.29 is 61.7 Å². The summed E-state index contributed by atoms with van der Waals surface area (Å²) >= 11 is 0. The molecule has 0 aliphatic heterocycles. The summed E-state index contributed by atoms with van der Waals surface area (Å²) in [5.74, 6) is -0.678. The maximum atomic E-state index is 11.5. The van der Waals surface area contributed by atoms with Gasteiger partial charge in [0.15, 0.2) is 0 Å². The third-order valence-corrected chi connectivity index (χ3v) is 4.29. The van der Waals surface area contributed by atoms with Gasteiger partial charge in [0, 0.05) is 0 Å². The largest absolute Gasteiger partial charge is 0.469 e. The van der Waals surface area contributed by atoms with Gasteiger partial charge in [0.25, 0.3) is 0 Å². The molecule has 0 atom stereocenters. The summed E-state index contributed by atoms with van der Waals surface area (Å²) in [6, 6.07) is 0. The van der Waals surface area contributed by atoms with Crippen molar-refractivity contribution in [3.05, 3.63) is 0 Å². The minimum Gasteiger partial charge on any atom is -0.469 e. The number of ether oxygens (including phenoxy) is 11. The normalized spacial score (nSPS) is 11.6. The van der Waals surface area contributed by atoms with E-state index in [0.717, 1.165) is 0 Å². The Bertz CT molecular complexity index is 554. The summed E-state index contributed by atoms with van der Waals surface area (Å²) in [6.07, 6.45) is 0.242. The molecule has 0 fully saturated rings. The Morgan fingerprint density at radius 1 is 0.436 bits per heavy atom. The van der Waals surface area contributed by atoms with Gasteiger partial charge in [-0.05, 0) is 20.8 Å². The van der Waals surface area contributed by atoms with E-state index in [1.54, 1.807) is 0 Å². The third kappa shape index (κ3) is 32.7. The molecule has 13 nitrogen and oxygen atoms in total. The van der Waals surface area contributed by atoms with Gasteiger partial charge >= 0.3 is 11.9 Å². The number of esters is 2. The second kappa shape index (κ2) is 28.1. The highest BCUT2D eigenvalue weighted by atomic mass is 16.6. The quantitative estimate of drug-likeness (QED) is 0.0937. The fourth-order valence-corrected chi connectivity index (χ4v) is 2.54. The van der Waals surface area contributed by atoms with Gasteiger partial charge in [-0.15, -0.1) is 0 Å². The lowest BCUT2D eigenvalue weighted by Crippen LogP contribution is -2.27. The molecule has 0 aromatic carbocycles. The van der Waals surface area contributed by atoms with Gasteiger partial charge in [0.1, 0.15) is 12.2 Å². The molecule has 0 aromatic heterocycles. The van der Waals surface area contributed by atoms with Gasteiger partial charge in [-0.3, -0.25) is 4.79 Å². The number of hydrogen-bond acceptors (Lipinski definition) is 13. The Labute approximate surface area is 232 Å². The number of carbonyl (C=O) groups excluding carboxylic acids is 2. The summed E-state index contributed by atoms with van der Waals surface area (Å²) in [4.78, 5) is 22.4. The first-order valence-corrected chi connectivity index (χ1v) is 13.3. The Morgan fingerprint density at radius 3 is 1.00 bits per heavy atom. The third-order valence-electron chi connectivity index (χ3n) is 4.29. The van der Waals surface area contributed by atoms with Crippen LogP contribution in [0.25, 0.3) is 0 Å². The van der Waals surface area contributed by atoms with E-state index in [-0.39, 0.29) is 25.0 Å². The van der Waals surface area contributed by atoms with E-state index in [1.165, 1.54) is 7.11 Å². The van der Waals surface area contributed by atoms with Crippen molar-refractivity contribution in [1.29, 1.82) is 0 Å². The molecule has 0 amide bonds. The molecular formula is C26H50O13. The van der Waals surface area contributed by atoms with Crippen molar-refractivity contribution in [2.75, 3.05) is 126 Å². The van der Waals surface area contributed by atoms with Crippen LogP contribution in [0.5, 0.6) is 0 Å². The molecule has 0 rings (SSSR count). The molecule has 0 spiro atoms. The first-order chi connectivity index (χ1) is 18.8. The van der Waals surface area contributed by atoms with Crippen LogP contribution < -0.4 is 0 Å². The second-order valence-electron chi connectivity index (χ2n) is 8.86. The maximum Gasteiger partial charge on any atom is 0.332 e. The van der Waals surface area contributed by atoms with Crippen molar-refractivity contribution in [3.63, 3.8) is 0 Å². The highest BCUT2D eigenvalue weighted by Gasteiger charge is 2.15. The van der Waals surface area contributed by atoms with Gasteiger partial charge in [0.05, 0.1) is 126 Å². The topological polar surface area (TPSA) is 136 Å². The van der Waals surface area contributed by atoms with E-state index in [9.17, 15) is 9.59 Å². The second-order valence-corrected chi connectivity index (χ2v) is 8.86. The molecule has 0 aliphatic rings. The Balaban J connectivity index is 3.11. The van der Waals surface area contributed by atoms with Crippen LogP contribution in [0.4, 0.5) is 0 Å². The summed E-state index contributed by atoms with van der Waals surface area (Å²) in [7, 11) is 1.35. The Hall–Kier alpha value is -1.42. The summed E-state index contributed by atoms with van der Waals surface area (Å²) in [6.45, 7) is 12.9. The van der Waals surface area contributed by atoms with Crippen LogP contribution in [0, 0.1) is 0 Å². The predicted octanol–water partition coefficient (Wildman–Crippen LogP) is 1.04. The lowest BCUT2D eigenvalue weighted by atomic mass is 10.2. The fourth-order valence-electron chi connectivity index (χ4n) is 2.54. The van der Waals surface area contributed by atoms with Crippen molar-refractivity contribution in [2.45, 2.75) is 32.8 Å². The number of carbonyl (C=O) groups is 2. The molecule has 0 aromatic rings. The molecule has 0 radical (unpaired) electrons. The molecule has 0 saturated carbocycles. The van der Waals surface area contributed by atoms with Crippen LogP contribution in [-0.2, 0) is 61.7 Å². The molecular weight excluding hydrogens is 520 g/mol. The van der Waals surface area contributed by atoms with Gasteiger partial charge < -0.3 is 52.1 Å². The Kier molecular flexibility index (Phi) is 27.1. The fraction of sp³-hybridized carbons (Fsp3) is 0.923. The van der Waals surface area contributed by atoms with Crippen molar-refractivity contribution in [1.82, 2.24) is 0 Å². The van der Waals surface area contributed by atoms with Gasteiger partial charge in [-0.25, -0.2) is 4.79 Å². The van der Waals surface area contributed by atoms with Crippen LogP contribution in [0.15, 0.2) is 0 Å². The lowest BCUT2D eigenvalue weighted by Gasteiger charge is -2.19. The zero-order valence-electron chi connectivity index (χ0n) is 24.2. The van der Waals surface area contributed by atoms with E-state index in [1.807, 2.05) is 20.8 Å². The highest BCUT2D eigenvalue weighted by Crippen LogP contribution is 2.06. The monoisotopic (exact) mass is 570 g/mol. The van der Waals surface area contributed by atoms with E-state index in [0.29, 0.717) is 112 Å². The summed E-state index contributed by atoms with van der Waals surface area (Å²) < 4.78 is 57.9. The lowest BCUT2D eigenvalue weighted by molar-refractivity contribution is -0.160. The number of methoxy groups -OCH3 is 1. The molecule has 39 heavy (non-hydrogen) atoms. The maximum absolute atomic E-state index is 11.5. The zero-order chi connectivity index (χ0) is 28.9. The summed E-state index contributed by atoms with van der Waals surface area (Å²) in [5.41, 5.74) is -0.511. The molecule has 0 saturated heterocycles. The molecule has 232 valence electrons. The molecule has 0 bridgehead atoms. The summed E-state index contributed by atoms with van der Waals surface area (Å²) in [5, 5.41) is 0. The van der Waals surface area contributed by atoms with E-state index < -0.39 is 5.60 Å². The first kappa shape index (κ1) is 37.6. The van der Waals surface area contributed by atoms with Crippen LogP contribution in [0.2, 0.25) is 0 Å². The SMILES string of the molecule is COC(=O)CCOCCOCCOCCOCCOCCOCCOCCOCCOCC(=O)OC(C)(C)C. The number of rotatable bonds is 29. The Morgan fingerprint density at radius 2 is 0.718 bits per heavy atom. The van der Waals surface area contributed by atoms with Gasteiger partial charge in [-0.2, -0.15) is 0 Å². The average molecular weight is 571 g/mol. The highest BCUT2D eigenvalue weighted by molar-refractivity contribution is 5.71. The van der Waals surface area contributed by atoms with Gasteiger partial charge in [-0.1, -0.05) is 0 Å². The average Bonchev–Trinajstić information content (AvgIpc) is 2.89. The van der Waals surface area contributed by atoms with Crippen LogP contribution in [-0.4, -0.2) is 144 Å². The van der Waals surface area contributed by atoms with Crippen molar-refractivity contribution in [3.8, 4) is 0 Å². The first-order valence-electron chi connectivity index (χ1n) is 13.3. The van der Waals surface area contributed by atoms with E-state index in [4.69, 9.17) is 47.4 Å². The minimum atomic E-state index is -0.511. The smallest absolute Gasteiger partial charge is 0.332 e. The van der Waals surface area contributed by atoms with Crippen LogP contribution in [0.1, 0.15) is 27.2 Å². The zero-order valence-corrected chi connectivity index (χ0v) is 24.2. The minimum absolute atomic E-state index is 0.0851. The van der Waals surface area contributed by atoms with E-state index >= 15 is 0 Å². The molecule has 0 N–H and O–H groups in total. The van der Waals surface area contributed by atoms with E-state index in [2.05, 4.69) is 4.74 Å². The molecule has 13 heteroatoms. The van der Waals surface area contributed by atoms with Crippen LogP contribution in [0.3, 0.4) is 0 Å². The van der Waals surface area contributed by atoms with Crippen molar-refractivity contribution >= 4 is 11.9 Å². The van der Waals surface area contributed by atoms with Gasteiger partial charge in [0.2, 0.25) is 0 Å². The standard InChI is InChI=1S/C26H50O13/c1-26(2,3)39-25(28)23-38-22-21-37-20-19-36-18-17-35-16-15-34-14-13-33-12-11-32-10-9-31-8-7-30-6-5-24(27)29-4/h5-23H2,1-4H3. The molecule has 0 heterocycles. The van der Waals surface area contributed by atoms with Crippen molar-refractivity contribution in [2.24, 2.45) is 0 Å². The predicted molar refractivity (Wildman–Crippen MR) is 140 cm³/mol.